The van der Waals surface area contributed by atoms with E-state index in [-0.39, 0.29) is 16.2 Å². The molecule has 3 nitrogen and oxygen atoms in total. The summed E-state index contributed by atoms with van der Waals surface area (Å²) in [5.74, 6) is 0. The highest BCUT2D eigenvalue weighted by Crippen LogP contribution is 2.34. The van der Waals surface area contributed by atoms with Crippen molar-refractivity contribution in [3.8, 4) is 0 Å². The summed E-state index contributed by atoms with van der Waals surface area (Å²) in [4.78, 5) is 0. The van der Waals surface area contributed by atoms with Crippen LogP contribution in [0.25, 0.3) is 5.52 Å². The van der Waals surface area contributed by atoms with Gasteiger partial charge in [0.15, 0.2) is 0 Å². The van der Waals surface area contributed by atoms with Gasteiger partial charge in [0.25, 0.3) is 0 Å². The van der Waals surface area contributed by atoms with Crippen LogP contribution < -0.4 is 5.73 Å². The maximum absolute atomic E-state index is 12.5. The lowest BCUT2D eigenvalue weighted by molar-refractivity contribution is -0.142. The van der Waals surface area contributed by atoms with Gasteiger partial charge in [-0.3, -0.25) is 0 Å². The summed E-state index contributed by atoms with van der Waals surface area (Å²) in [5, 5.41) is 3.53. The van der Waals surface area contributed by atoms with Crippen molar-refractivity contribution in [3.05, 3.63) is 29.0 Å². The summed E-state index contributed by atoms with van der Waals surface area (Å²) in [6.45, 7) is 0. The number of fused-ring (bicyclic) bond motifs is 1. The molecule has 2 rings (SSSR count). The summed E-state index contributed by atoms with van der Waals surface area (Å²) in [6.07, 6.45) is -3.35. The van der Waals surface area contributed by atoms with E-state index >= 15 is 0 Å². The third-order valence-electron chi connectivity index (χ3n) is 1.88. The molecule has 15 heavy (non-hydrogen) atoms. The lowest BCUT2D eigenvalue weighted by Crippen LogP contribution is -2.10. The SMILES string of the molecule is Nc1cnn2c(C(F)(F)F)cc(Cl)c2c1. The van der Waals surface area contributed by atoms with E-state index in [0.717, 1.165) is 16.8 Å². The molecule has 0 aliphatic heterocycles. The van der Waals surface area contributed by atoms with Crippen LogP contribution in [0.1, 0.15) is 5.69 Å². The second kappa shape index (κ2) is 3.03. The molecule has 0 amide bonds. The maximum Gasteiger partial charge on any atom is 0.433 e. The quantitative estimate of drug-likeness (QED) is 0.763. The number of nitrogen functional groups attached to an aromatic ring is 1. The van der Waals surface area contributed by atoms with Crippen molar-refractivity contribution in [2.45, 2.75) is 6.18 Å². The minimum atomic E-state index is -4.49. The first-order valence-electron chi connectivity index (χ1n) is 3.89. The summed E-state index contributed by atoms with van der Waals surface area (Å²) in [5.41, 5.74) is 4.88. The zero-order chi connectivity index (χ0) is 11.2. The van der Waals surface area contributed by atoms with Crippen LogP contribution in [-0.2, 0) is 6.18 Å². The van der Waals surface area contributed by atoms with Gasteiger partial charge in [-0.15, -0.1) is 0 Å². The van der Waals surface area contributed by atoms with Crippen LogP contribution in [0.4, 0.5) is 18.9 Å². The zero-order valence-electron chi connectivity index (χ0n) is 7.22. The van der Waals surface area contributed by atoms with E-state index in [1.165, 1.54) is 6.07 Å². The van der Waals surface area contributed by atoms with Crippen LogP contribution in [0.3, 0.4) is 0 Å². The first-order valence-corrected chi connectivity index (χ1v) is 4.27. The fourth-order valence-electron chi connectivity index (χ4n) is 1.26. The van der Waals surface area contributed by atoms with Gasteiger partial charge in [-0.25, -0.2) is 4.52 Å². The Morgan fingerprint density at radius 3 is 2.60 bits per heavy atom. The number of hydrogen-bond donors (Lipinski definition) is 1. The third-order valence-corrected chi connectivity index (χ3v) is 2.18. The molecule has 0 aliphatic carbocycles. The summed E-state index contributed by atoms with van der Waals surface area (Å²) in [6, 6.07) is 2.16. The monoisotopic (exact) mass is 235 g/mol. The molecule has 0 saturated carbocycles. The van der Waals surface area contributed by atoms with E-state index in [1.807, 2.05) is 0 Å². The third kappa shape index (κ3) is 1.61. The van der Waals surface area contributed by atoms with Crippen molar-refractivity contribution in [2.24, 2.45) is 0 Å². The van der Waals surface area contributed by atoms with Gasteiger partial charge < -0.3 is 5.73 Å². The molecule has 0 aliphatic rings. The predicted molar refractivity (Wildman–Crippen MR) is 49.6 cm³/mol. The van der Waals surface area contributed by atoms with E-state index in [9.17, 15) is 13.2 Å². The van der Waals surface area contributed by atoms with Gasteiger partial charge in [-0.1, -0.05) is 11.6 Å². The largest absolute Gasteiger partial charge is 0.433 e. The molecule has 2 heterocycles. The number of nitrogens with zero attached hydrogens (tertiary/aromatic N) is 2. The summed E-state index contributed by atoms with van der Waals surface area (Å²) >= 11 is 5.64. The van der Waals surface area contributed by atoms with Gasteiger partial charge in [-0.05, 0) is 12.1 Å². The van der Waals surface area contributed by atoms with E-state index in [2.05, 4.69) is 5.10 Å². The minimum absolute atomic E-state index is 0.0258. The van der Waals surface area contributed by atoms with E-state index in [4.69, 9.17) is 17.3 Å². The highest BCUT2D eigenvalue weighted by atomic mass is 35.5. The second-order valence-corrected chi connectivity index (χ2v) is 3.37. The van der Waals surface area contributed by atoms with E-state index in [0.29, 0.717) is 0 Å². The number of aromatic nitrogens is 2. The Balaban J connectivity index is 2.79. The van der Waals surface area contributed by atoms with E-state index in [1.54, 1.807) is 0 Å². The van der Waals surface area contributed by atoms with Crippen molar-refractivity contribution < 1.29 is 13.2 Å². The van der Waals surface area contributed by atoms with Gasteiger partial charge in [0, 0.05) is 0 Å². The van der Waals surface area contributed by atoms with Crippen molar-refractivity contribution >= 4 is 22.8 Å². The zero-order valence-corrected chi connectivity index (χ0v) is 7.97. The number of rotatable bonds is 0. The molecular formula is C8H5ClF3N3. The number of anilines is 1. The highest BCUT2D eigenvalue weighted by Gasteiger charge is 2.35. The fourth-order valence-corrected chi connectivity index (χ4v) is 1.50. The topological polar surface area (TPSA) is 43.3 Å². The van der Waals surface area contributed by atoms with E-state index < -0.39 is 11.9 Å². The molecule has 0 aromatic carbocycles. The van der Waals surface area contributed by atoms with Crippen molar-refractivity contribution in [1.82, 2.24) is 9.61 Å². The van der Waals surface area contributed by atoms with Gasteiger partial charge in [0.2, 0.25) is 0 Å². The number of hydrogen-bond acceptors (Lipinski definition) is 2. The maximum atomic E-state index is 12.5. The summed E-state index contributed by atoms with van der Waals surface area (Å²) in [7, 11) is 0. The van der Waals surface area contributed by atoms with Crippen LogP contribution in [0.15, 0.2) is 18.3 Å². The molecule has 7 heteroatoms. The Morgan fingerprint density at radius 1 is 1.33 bits per heavy atom. The Hall–Kier alpha value is -1.43. The molecular weight excluding hydrogens is 231 g/mol. The molecule has 2 N–H and O–H groups in total. The molecule has 0 saturated heterocycles. The molecule has 0 spiro atoms. The average molecular weight is 236 g/mol. The molecule has 0 atom stereocenters. The Morgan fingerprint density at radius 2 is 2.00 bits per heavy atom. The Kier molecular flexibility index (Phi) is 2.04. The molecule has 0 fully saturated rings. The lowest BCUT2D eigenvalue weighted by Gasteiger charge is -2.05. The van der Waals surface area contributed by atoms with Crippen molar-refractivity contribution in [3.63, 3.8) is 0 Å². The van der Waals surface area contributed by atoms with Gasteiger partial charge in [0.1, 0.15) is 5.69 Å². The van der Waals surface area contributed by atoms with Gasteiger partial charge >= 0.3 is 6.18 Å². The molecule has 0 radical (unpaired) electrons. The number of alkyl halides is 3. The normalized spacial score (nSPS) is 12.3. The van der Waals surface area contributed by atoms with Gasteiger partial charge in [0.05, 0.1) is 22.4 Å². The predicted octanol–water partition coefficient (Wildman–Crippen LogP) is 2.59. The lowest BCUT2D eigenvalue weighted by atomic mass is 10.4. The molecule has 2 aromatic heterocycles. The first kappa shape index (κ1) is 10.1. The van der Waals surface area contributed by atoms with Crippen LogP contribution in [0.2, 0.25) is 5.02 Å². The standard InChI is InChI=1S/C8H5ClF3N3/c9-5-2-7(8(10,11)12)15-6(5)1-4(13)3-14-15/h1-3H,13H2. The fraction of sp³-hybridized carbons (Fsp3) is 0.125. The average Bonchev–Trinajstić information content (AvgIpc) is 2.43. The Bertz CT molecular complexity index is 518. The van der Waals surface area contributed by atoms with Crippen LogP contribution in [0, 0.1) is 0 Å². The number of nitrogens with two attached hydrogens (primary N) is 1. The smallest absolute Gasteiger partial charge is 0.397 e. The second-order valence-electron chi connectivity index (χ2n) is 2.96. The minimum Gasteiger partial charge on any atom is -0.397 e. The summed E-state index contributed by atoms with van der Waals surface area (Å²) < 4.78 is 38.2. The molecule has 80 valence electrons. The number of halogens is 4. The molecule has 0 unspecified atom stereocenters. The first-order chi connectivity index (χ1) is 6.89. The van der Waals surface area contributed by atoms with Crippen LogP contribution in [0.5, 0.6) is 0 Å². The highest BCUT2D eigenvalue weighted by molar-refractivity contribution is 6.34. The van der Waals surface area contributed by atoms with Crippen molar-refractivity contribution in [2.75, 3.05) is 5.73 Å². The van der Waals surface area contributed by atoms with Gasteiger partial charge in [-0.2, -0.15) is 18.3 Å². The van der Waals surface area contributed by atoms with Crippen LogP contribution >= 0.6 is 11.6 Å². The van der Waals surface area contributed by atoms with Crippen molar-refractivity contribution in [1.29, 1.82) is 0 Å². The molecule has 2 aromatic rings. The van der Waals surface area contributed by atoms with Crippen LogP contribution in [-0.4, -0.2) is 9.61 Å². The molecule has 0 bridgehead atoms. The Labute approximate surface area is 87.2 Å².